The highest BCUT2D eigenvalue weighted by atomic mass is 16.5. The highest BCUT2D eigenvalue weighted by Crippen LogP contribution is 2.31. The molecular weight excluding hydrogens is 236 g/mol. The Kier molecular flexibility index (Phi) is 3.05. The summed E-state index contributed by atoms with van der Waals surface area (Å²) >= 11 is 0. The molecule has 98 valence electrons. The number of ether oxygens (including phenoxy) is 2. The van der Waals surface area contributed by atoms with Crippen LogP contribution in [0, 0.1) is 0 Å². The molecule has 0 aliphatic carbocycles. The third-order valence-electron chi connectivity index (χ3n) is 3.64. The van der Waals surface area contributed by atoms with Gasteiger partial charge in [0.25, 0.3) is 0 Å². The van der Waals surface area contributed by atoms with Crippen molar-refractivity contribution in [3.05, 3.63) is 11.6 Å². The average Bonchev–Trinajstić information content (AvgIpc) is 2.89. The Hall–Kier alpha value is -1.40. The Bertz CT molecular complexity index is 407. The van der Waals surface area contributed by atoms with E-state index in [2.05, 4.69) is 16.3 Å². The molecule has 0 aromatic rings. The molecule has 2 fully saturated rings. The van der Waals surface area contributed by atoms with Crippen molar-refractivity contribution < 1.29 is 19.1 Å². The summed E-state index contributed by atoms with van der Waals surface area (Å²) in [5.41, 5.74) is 1.06. The molecular formula is C12H16N2O4. The number of cyclic esters (lactones) is 1. The fourth-order valence-electron chi connectivity index (χ4n) is 2.82. The molecule has 3 rings (SSSR count). The van der Waals surface area contributed by atoms with Crippen LogP contribution in [0.5, 0.6) is 0 Å². The van der Waals surface area contributed by atoms with Crippen molar-refractivity contribution in [2.75, 3.05) is 32.8 Å². The second-order valence-electron chi connectivity index (χ2n) is 4.80. The van der Waals surface area contributed by atoms with Crippen LogP contribution in [0.2, 0.25) is 0 Å². The SMILES string of the molecule is O=C1CNCC(=O)O[C@@H]2CCN3CC=C(CO1)[C@H]23. The molecule has 1 N–H and O–H groups in total. The van der Waals surface area contributed by atoms with E-state index in [0.29, 0.717) is 6.61 Å². The number of rotatable bonds is 0. The van der Waals surface area contributed by atoms with Crippen molar-refractivity contribution >= 4 is 11.9 Å². The summed E-state index contributed by atoms with van der Waals surface area (Å²) in [7, 11) is 0. The zero-order valence-electron chi connectivity index (χ0n) is 10.1. The van der Waals surface area contributed by atoms with Gasteiger partial charge in [0, 0.05) is 13.1 Å². The van der Waals surface area contributed by atoms with E-state index in [9.17, 15) is 9.59 Å². The van der Waals surface area contributed by atoms with Crippen LogP contribution < -0.4 is 5.32 Å². The van der Waals surface area contributed by atoms with Gasteiger partial charge in [-0.1, -0.05) is 6.08 Å². The topological polar surface area (TPSA) is 67.9 Å². The van der Waals surface area contributed by atoms with Crippen molar-refractivity contribution in [1.29, 1.82) is 0 Å². The summed E-state index contributed by atoms with van der Waals surface area (Å²) in [6.45, 7) is 2.17. The quantitative estimate of drug-likeness (QED) is 0.443. The number of hydrogen-bond donors (Lipinski definition) is 1. The van der Waals surface area contributed by atoms with Crippen molar-refractivity contribution in [2.24, 2.45) is 0 Å². The lowest BCUT2D eigenvalue weighted by Crippen LogP contribution is -2.37. The monoisotopic (exact) mass is 252 g/mol. The van der Waals surface area contributed by atoms with E-state index < -0.39 is 0 Å². The molecule has 0 aromatic heterocycles. The van der Waals surface area contributed by atoms with Gasteiger partial charge >= 0.3 is 11.9 Å². The number of carbonyl (C=O) groups excluding carboxylic acids is 2. The van der Waals surface area contributed by atoms with Gasteiger partial charge in [-0.2, -0.15) is 0 Å². The minimum atomic E-state index is -0.335. The van der Waals surface area contributed by atoms with Gasteiger partial charge in [0.05, 0.1) is 19.1 Å². The van der Waals surface area contributed by atoms with E-state index in [1.165, 1.54) is 0 Å². The second kappa shape index (κ2) is 4.70. The van der Waals surface area contributed by atoms with Crippen LogP contribution in [0.25, 0.3) is 0 Å². The number of carbonyl (C=O) groups is 2. The van der Waals surface area contributed by atoms with E-state index in [1.807, 2.05) is 0 Å². The van der Waals surface area contributed by atoms with Crippen molar-refractivity contribution in [3.8, 4) is 0 Å². The third-order valence-corrected chi connectivity index (χ3v) is 3.64. The summed E-state index contributed by atoms with van der Waals surface area (Å²) in [5, 5.41) is 2.72. The van der Waals surface area contributed by atoms with Gasteiger partial charge in [-0.05, 0) is 12.0 Å². The Balaban J connectivity index is 1.79. The Labute approximate surface area is 105 Å². The molecule has 0 saturated carbocycles. The van der Waals surface area contributed by atoms with Crippen LogP contribution in [-0.4, -0.2) is 61.8 Å². The lowest BCUT2D eigenvalue weighted by molar-refractivity contribution is -0.148. The molecule has 0 spiro atoms. The molecule has 0 radical (unpaired) electrons. The first-order chi connectivity index (χ1) is 8.74. The van der Waals surface area contributed by atoms with Crippen LogP contribution in [0.1, 0.15) is 6.42 Å². The van der Waals surface area contributed by atoms with Gasteiger partial charge in [-0.3, -0.25) is 19.8 Å². The van der Waals surface area contributed by atoms with E-state index in [1.54, 1.807) is 0 Å². The first-order valence-electron chi connectivity index (χ1n) is 6.23. The molecule has 3 aliphatic heterocycles. The van der Waals surface area contributed by atoms with Crippen LogP contribution in [0.15, 0.2) is 11.6 Å². The predicted octanol–water partition coefficient (Wildman–Crippen LogP) is -0.941. The fourth-order valence-corrected chi connectivity index (χ4v) is 2.82. The van der Waals surface area contributed by atoms with Crippen molar-refractivity contribution in [3.63, 3.8) is 0 Å². The maximum Gasteiger partial charge on any atom is 0.320 e. The zero-order chi connectivity index (χ0) is 12.5. The maximum absolute atomic E-state index is 11.6. The van der Waals surface area contributed by atoms with Crippen LogP contribution in [-0.2, 0) is 19.1 Å². The Morgan fingerprint density at radius 1 is 1.28 bits per heavy atom. The van der Waals surface area contributed by atoms with Gasteiger partial charge in [-0.15, -0.1) is 0 Å². The average molecular weight is 252 g/mol. The third kappa shape index (κ3) is 2.13. The molecule has 3 aliphatic rings. The lowest BCUT2D eigenvalue weighted by atomic mass is 10.1. The Morgan fingerprint density at radius 2 is 2.11 bits per heavy atom. The largest absolute Gasteiger partial charge is 0.460 e. The molecule has 3 heterocycles. The molecule has 6 nitrogen and oxygen atoms in total. The molecule has 2 atom stereocenters. The first kappa shape index (κ1) is 11.7. The Morgan fingerprint density at radius 3 is 3.00 bits per heavy atom. The van der Waals surface area contributed by atoms with Crippen LogP contribution in [0.3, 0.4) is 0 Å². The molecule has 18 heavy (non-hydrogen) atoms. The number of esters is 2. The van der Waals surface area contributed by atoms with Gasteiger partial charge in [0.15, 0.2) is 0 Å². The number of nitrogens with zero attached hydrogens (tertiary/aromatic N) is 1. The van der Waals surface area contributed by atoms with Crippen molar-refractivity contribution in [1.82, 2.24) is 10.2 Å². The molecule has 2 saturated heterocycles. The van der Waals surface area contributed by atoms with Crippen molar-refractivity contribution in [2.45, 2.75) is 18.6 Å². The van der Waals surface area contributed by atoms with Gasteiger partial charge in [-0.25, -0.2) is 0 Å². The first-order valence-corrected chi connectivity index (χ1v) is 6.23. The summed E-state index contributed by atoms with van der Waals surface area (Å²) in [6, 6.07) is 0.0971. The summed E-state index contributed by atoms with van der Waals surface area (Å²) in [5.74, 6) is -0.638. The van der Waals surface area contributed by atoms with Gasteiger partial charge in [0.1, 0.15) is 12.7 Å². The normalized spacial score (nSPS) is 33.2. The summed E-state index contributed by atoms with van der Waals surface area (Å²) in [4.78, 5) is 25.3. The van der Waals surface area contributed by atoms with Crippen LogP contribution >= 0.6 is 0 Å². The summed E-state index contributed by atoms with van der Waals surface area (Å²) in [6.07, 6.45) is 2.81. The highest BCUT2D eigenvalue weighted by molar-refractivity contribution is 5.75. The lowest BCUT2D eigenvalue weighted by Gasteiger charge is -2.23. The smallest absolute Gasteiger partial charge is 0.320 e. The van der Waals surface area contributed by atoms with Gasteiger partial charge < -0.3 is 9.47 Å². The van der Waals surface area contributed by atoms with Gasteiger partial charge in [0.2, 0.25) is 0 Å². The molecule has 0 aromatic carbocycles. The predicted molar refractivity (Wildman–Crippen MR) is 61.8 cm³/mol. The minimum Gasteiger partial charge on any atom is -0.460 e. The second-order valence-corrected chi connectivity index (χ2v) is 4.80. The number of nitrogens with one attached hydrogen (secondary N) is 1. The molecule has 0 bridgehead atoms. The highest BCUT2D eigenvalue weighted by Gasteiger charge is 2.41. The van der Waals surface area contributed by atoms with E-state index >= 15 is 0 Å². The summed E-state index contributed by atoms with van der Waals surface area (Å²) < 4.78 is 10.7. The van der Waals surface area contributed by atoms with E-state index in [0.717, 1.165) is 25.1 Å². The van der Waals surface area contributed by atoms with Crippen LogP contribution in [0.4, 0.5) is 0 Å². The number of hydrogen-bond acceptors (Lipinski definition) is 6. The fraction of sp³-hybridized carbons (Fsp3) is 0.667. The minimum absolute atomic E-state index is 0.0431. The van der Waals surface area contributed by atoms with E-state index in [4.69, 9.17) is 9.47 Å². The van der Waals surface area contributed by atoms with E-state index in [-0.39, 0.29) is 37.2 Å². The molecule has 0 amide bonds. The maximum atomic E-state index is 11.6. The molecule has 0 unspecified atom stereocenters. The standard InChI is InChI=1S/C12H16N2O4/c15-10-5-13-6-11(16)18-9-2-4-14-3-1-8(7-17-10)12(9)14/h1,9,12-13H,2-7H2/t9-,12-/m1/s1. The molecule has 6 heteroatoms. The zero-order valence-corrected chi connectivity index (χ0v) is 10.1.